The number of hydrogen-bond acceptors (Lipinski definition) is 6. The van der Waals surface area contributed by atoms with Crippen molar-refractivity contribution in [1.82, 2.24) is 9.88 Å². The van der Waals surface area contributed by atoms with Crippen molar-refractivity contribution in [2.45, 2.75) is 6.42 Å². The van der Waals surface area contributed by atoms with Gasteiger partial charge in [-0.15, -0.1) is 0 Å². The van der Waals surface area contributed by atoms with E-state index in [4.69, 9.17) is 19.3 Å². The molecule has 0 aliphatic heterocycles. The molecule has 0 radical (unpaired) electrons. The highest BCUT2D eigenvalue weighted by atomic mass is 16.6. The fourth-order valence-corrected chi connectivity index (χ4v) is 4.53. The van der Waals surface area contributed by atoms with Crippen molar-refractivity contribution in [3.05, 3.63) is 77.9 Å². The van der Waals surface area contributed by atoms with Gasteiger partial charge in [-0.05, 0) is 74.6 Å². The van der Waals surface area contributed by atoms with Crippen molar-refractivity contribution in [2.75, 3.05) is 41.5 Å². The number of pyridine rings is 1. The molecule has 1 aliphatic rings. The summed E-state index contributed by atoms with van der Waals surface area (Å²) in [7, 11) is 7.47. The molecule has 6 nitrogen and oxygen atoms in total. The Kier molecular flexibility index (Phi) is 6.38. The van der Waals surface area contributed by atoms with Gasteiger partial charge in [0.25, 0.3) is 0 Å². The van der Waals surface area contributed by atoms with Gasteiger partial charge in [0.15, 0.2) is 0 Å². The first-order valence-electron chi connectivity index (χ1n) is 11.7. The zero-order valence-electron chi connectivity index (χ0n) is 20.5. The van der Waals surface area contributed by atoms with Crippen LogP contribution in [0.2, 0.25) is 0 Å². The Balaban J connectivity index is 1.72. The summed E-state index contributed by atoms with van der Waals surface area (Å²) in [5, 5.41) is 5.73. The minimum Gasteiger partial charge on any atom is -0.497 e. The summed E-state index contributed by atoms with van der Waals surface area (Å²) >= 11 is 0. The second kappa shape index (κ2) is 9.76. The summed E-state index contributed by atoms with van der Waals surface area (Å²) < 4.78 is 10.9. The summed E-state index contributed by atoms with van der Waals surface area (Å²) in [6.07, 6.45) is 0.899. The lowest BCUT2D eigenvalue weighted by Gasteiger charge is -2.13. The summed E-state index contributed by atoms with van der Waals surface area (Å²) in [5.74, 6) is 1.59. The van der Waals surface area contributed by atoms with Crippen LogP contribution in [0.4, 0.5) is 0 Å². The number of hydrogen-bond donors (Lipinski definition) is 0. The number of methoxy groups -OCH3 is 2. The maximum absolute atomic E-state index is 5.86. The number of oxime groups is 1. The Labute approximate surface area is 205 Å². The van der Waals surface area contributed by atoms with Gasteiger partial charge in [0.2, 0.25) is 0 Å². The SMILES string of the molecule is COc1ccc(-c2nc3ccccc3c3c2-c2ccc(OC)cc2/C3=N\OCCCN(C)C)cc1. The molecule has 0 saturated carbocycles. The molecule has 0 bridgehead atoms. The number of para-hydroxylation sites is 1. The lowest BCUT2D eigenvalue weighted by molar-refractivity contribution is 0.135. The molecule has 0 N–H and O–H groups in total. The smallest absolute Gasteiger partial charge is 0.119 e. The van der Waals surface area contributed by atoms with Crippen LogP contribution in [-0.4, -0.2) is 57.1 Å². The van der Waals surface area contributed by atoms with Crippen LogP contribution in [0.3, 0.4) is 0 Å². The van der Waals surface area contributed by atoms with Gasteiger partial charge in [0.05, 0.1) is 25.4 Å². The average molecular weight is 468 g/mol. The number of nitrogens with zero attached hydrogens (tertiary/aromatic N) is 3. The monoisotopic (exact) mass is 467 g/mol. The molecular formula is C29H29N3O3. The third-order valence-electron chi connectivity index (χ3n) is 6.24. The Morgan fingerprint density at radius 1 is 0.829 bits per heavy atom. The molecule has 6 heteroatoms. The number of fused-ring (bicyclic) bond motifs is 5. The van der Waals surface area contributed by atoms with E-state index in [1.165, 1.54) is 0 Å². The van der Waals surface area contributed by atoms with Crippen molar-refractivity contribution in [3.8, 4) is 33.9 Å². The fourth-order valence-electron chi connectivity index (χ4n) is 4.53. The number of ether oxygens (including phenoxy) is 2. The first-order chi connectivity index (χ1) is 17.1. The summed E-state index contributed by atoms with van der Waals surface area (Å²) in [6, 6.07) is 22.3. The molecule has 1 heterocycles. The van der Waals surface area contributed by atoms with E-state index in [-0.39, 0.29) is 0 Å². The van der Waals surface area contributed by atoms with Crippen molar-refractivity contribution in [1.29, 1.82) is 0 Å². The summed E-state index contributed by atoms with van der Waals surface area (Å²) in [6.45, 7) is 1.49. The lowest BCUT2D eigenvalue weighted by Crippen LogP contribution is -2.14. The normalized spacial score (nSPS) is 13.2. The van der Waals surface area contributed by atoms with E-state index in [0.717, 1.165) is 74.6 Å². The number of aromatic nitrogens is 1. The second-order valence-corrected chi connectivity index (χ2v) is 8.80. The third-order valence-corrected chi connectivity index (χ3v) is 6.24. The summed E-state index contributed by atoms with van der Waals surface area (Å²) in [4.78, 5) is 13.1. The van der Waals surface area contributed by atoms with Crippen LogP contribution in [0.5, 0.6) is 11.5 Å². The quantitative estimate of drug-likeness (QED) is 0.219. The molecule has 1 aliphatic carbocycles. The topological polar surface area (TPSA) is 56.2 Å². The first kappa shape index (κ1) is 22.9. The second-order valence-electron chi connectivity index (χ2n) is 8.80. The van der Waals surface area contributed by atoms with Crippen molar-refractivity contribution < 1.29 is 14.3 Å². The molecule has 5 rings (SSSR count). The predicted octanol–water partition coefficient (Wildman–Crippen LogP) is 5.62. The van der Waals surface area contributed by atoms with Gasteiger partial charge >= 0.3 is 0 Å². The van der Waals surface area contributed by atoms with Gasteiger partial charge in [0, 0.05) is 34.2 Å². The predicted molar refractivity (Wildman–Crippen MR) is 140 cm³/mol. The van der Waals surface area contributed by atoms with Crippen LogP contribution < -0.4 is 9.47 Å². The van der Waals surface area contributed by atoms with E-state index in [2.05, 4.69) is 36.3 Å². The molecular weight excluding hydrogens is 438 g/mol. The highest BCUT2D eigenvalue weighted by molar-refractivity contribution is 6.31. The molecule has 0 amide bonds. The molecule has 35 heavy (non-hydrogen) atoms. The highest BCUT2D eigenvalue weighted by Gasteiger charge is 2.32. The molecule has 0 unspecified atom stereocenters. The molecule has 0 atom stereocenters. The minimum absolute atomic E-state index is 0.546. The van der Waals surface area contributed by atoms with E-state index < -0.39 is 0 Å². The Bertz CT molecular complexity index is 1390. The lowest BCUT2D eigenvalue weighted by atomic mass is 9.96. The summed E-state index contributed by atoms with van der Waals surface area (Å²) in [5.41, 5.74) is 7.80. The Morgan fingerprint density at radius 3 is 2.31 bits per heavy atom. The van der Waals surface area contributed by atoms with Crippen molar-refractivity contribution in [2.24, 2.45) is 5.16 Å². The van der Waals surface area contributed by atoms with Gasteiger partial charge < -0.3 is 19.2 Å². The van der Waals surface area contributed by atoms with Gasteiger partial charge in [-0.2, -0.15) is 0 Å². The van der Waals surface area contributed by atoms with E-state index in [1.54, 1.807) is 14.2 Å². The molecule has 4 aromatic rings. The van der Waals surface area contributed by atoms with Crippen LogP contribution in [0.25, 0.3) is 33.3 Å². The zero-order valence-corrected chi connectivity index (χ0v) is 20.5. The molecule has 1 aromatic heterocycles. The Morgan fingerprint density at radius 2 is 1.57 bits per heavy atom. The van der Waals surface area contributed by atoms with Gasteiger partial charge in [-0.25, -0.2) is 4.98 Å². The van der Waals surface area contributed by atoms with Crippen LogP contribution >= 0.6 is 0 Å². The number of rotatable bonds is 8. The third kappa shape index (κ3) is 4.33. The van der Waals surface area contributed by atoms with E-state index in [0.29, 0.717) is 6.61 Å². The van der Waals surface area contributed by atoms with Crippen molar-refractivity contribution in [3.63, 3.8) is 0 Å². The molecule has 0 saturated heterocycles. The fraction of sp³-hybridized carbons (Fsp3) is 0.241. The van der Waals surface area contributed by atoms with E-state index in [1.807, 2.05) is 54.6 Å². The molecule has 3 aromatic carbocycles. The minimum atomic E-state index is 0.546. The van der Waals surface area contributed by atoms with E-state index >= 15 is 0 Å². The maximum Gasteiger partial charge on any atom is 0.119 e. The van der Waals surface area contributed by atoms with Crippen LogP contribution in [-0.2, 0) is 4.84 Å². The maximum atomic E-state index is 5.86. The van der Waals surface area contributed by atoms with Crippen molar-refractivity contribution >= 4 is 16.6 Å². The van der Waals surface area contributed by atoms with Crippen LogP contribution in [0.1, 0.15) is 17.5 Å². The van der Waals surface area contributed by atoms with Crippen LogP contribution in [0, 0.1) is 0 Å². The van der Waals surface area contributed by atoms with Crippen LogP contribution in [0.15, 0.2) is 71.9 Å². The zero-order chi connectivity index (χ0) is 24.4. The van der Waals surface area contributed by atoms with Gasteiger partial charge in [-0.3, -0.25) is 0 Å². The van der Waals surface area contributed by atoms with Gasteiger partial charge in [0.1, 0.15) is 23.8 Å². The largest absolute Gasteiger partial charge is 0.497 e. The highest BCUT2D eigenvalue weighted by Crippen LogP contribution is 2.46. The first-order valence-corrected chi connectivity index (χ1v) is 11.7. The average Bonchev–Trinajstić information content (AvgIpc) is 3.21. The van der Waals surface area contributed by atoms with E-state index in [9.17, 15) is 0 Å². The molecule has 0 fully saturated rings. The molecule has 178 valence electrons. The standard InChI is InChI=1S/C29H29N3O3/c1-32(2)16-7-17-35-31-29-24-18-21(34-4)14-15-22(24)26-27(29)23-8-5-6-9-25(23)30-28(26)19-10-12-20(33-3)13-11-19/h5-6,8-15,18H,7,16-17H2,1-4H3/b31-29+. The number of benzene rings is 3. The molecule has 0 spiro atoms. The Hall–Kier alpha value is -3.90. The van der Waals surface area contributed by atoms with Gasteiger partial charge in [-0.1, -0.05) is 23.4 Å².